The van der Waals surface area contributed by atoms with Gasteiger partial charge >= 0.3 is 6.03 Å². The summed E-state index contributed by atoms with van der Waals surface area (Å²) in [6.45, 7) is 5.91. The molecule has 3 rings (SSSR count). The first kappa shape index (κ1) is 22.6. The van der Waals surface area contributed by atoms with Crippen molar-refractivity contribution in [2.75, 3.05) is 6.54 Å². The maximum atomic E-state index is 13.7. The highest BCUT2D eigenvalue weighted by atomic mass is 35.5. The maximum absolute atomic E-state index is 13.7. The van der Waals surface area contributed by atoms with E-state index in [9.17, 15) is 14.0 Å². The van der Waals surface area contributed by atoms with Gasteiger partial charge in [0.05, 0.1) is 34.9 Å². The van der Waals surface area contributed by atoms with Gasteiger partial charge in [0.1, 0.15) is 11.5 Å². The van der Waals surface area contributed by atoms with E-state index in [-0.39, 0.29) is 42.0 Å². The molecular formula is C21H24ClFN6O2. The summed E-state index contributed by atoms with van der Waals surface area (Å²) in [4.78, 5) is 26.6. The van der Waals surface area contributed by atoms with E-state index in [0.717, 1.165) is 0 Å². The average Bonchev–Trinajstić information content (AvgIpc) is 3.06. The first-order chi connectivity index (χ1) is 14.5. The maximum Gasteiger partial charge on any atom is 0.315 e. The van der Waals surface area contributed by atoms with Crippen molar-refractivity contribution in [1.82, 2.24) is 20.0 Å². The third-order valence-corrected chi connectivity index (χ3v) is 5.23. The van der Waals surface area contributed by atoms with Crippen LogP contribution < -0.4 is 11.1 Å². The van der Waals surface area contributed by atoms with Crippen LogP contribution in [0, 0.1) is 17.1 Å². The SMILES string of the molecule is CC(C)(C)NC(=O)c1c(-c2ccc(F)c(Cl)c2)nn2c1CN(C(N)=O)CC2CCC#N. The average molecular weight is 447 g/mol. The number of carbonyl (C=O) groups is 2. The predicted octanol–water partition coefficient (Wildman–Crippen LogP) is 3.61. The smallest absolute Gasteiger partial charge is 0.315 e. The fourth-order valence-corrected chi connectivity index (χ4v) is 3.78. The molecule has 1 aromatic heterocycles. The minimum absolute atomic E-state index is 0.0905. The van der Waals surface area contributed by atoms with Gasteiger partial charge in [-0.15, -0.1) is 0 Å². The van der Waals surface area contributed by atoms with Crippen molar-refractivity contribution in [3.05, 3.63) is 40.3 Å². The first-order valence-electron chi connectivity index (χ1n) is 9.82. The molecule has 0 saturated heterocycles. The number of primary amides is 1. The Balaban J connectivity index is 2.21. The molecule has 164 valence electrons. The van der Waals surface area contributed by atoms with E-state index in [1.165, 1.54) is 23.1 Å². The van der Waals surface area contributed by atoms with Crippen LogP contribution in [0.5, 0.6) is 0 Å². The highest BCUT2D eigenvalue weighted by molar-refractivity contribution is 6.31. The molecule has 3 amide bonds. The fraction of sp³-hybridized carbons (Fsp3) is 0.429. The quantitative estimate of drug-likeness (QED) is 0.745. The predicted molar refractivity (Wildman–Crippen MR) is 114 cm³/mol. The number of nitrogens with two attached hydrogens (primary N) is 1. The Morgan fingerprint density at radius 1 is 1.42 bits per heavy atom. The Kier molecular flexibility index (Phi) is 6.23. The standard InChI is InChI=1S/C21H24ClFN6O2/c1-21(2,3)26-19(30)17-16-11-28(20(25)31)10-13(5-4-8-24)29(16)27-18(17)12-6-7-15(23)14(22)9-12/h6-7,9,13H,4-5,10-11H2,1-3H3,(H2,25,31)(H,26,30). The number of hydrogen-bond donors (Lipinski definition) is 2. The molecule has 3 N–H and O–H groups in total. The Labute approximate surface area is 184 Å². The molecule has 0 bridgehead atoms. The minimum atomic E-state index is -0.622. The van der Waals surface area contributed by atoms with Crippen LogP contribution in [0.2, 0.25) is 5.02 Å². The molecule has 0 fully saturated rings. The topological polar surface area (TPSA) is 117 Å². The number of halogens is 2. The van der Waals surface area contributed by atoms with Crippen molar-refractivity contribution < 1.29 is 14.0 Å². The second-order valence-electron chi connectivity index (χ2n) is 8.52. The van der Waals surface area contributed by atoms with Gasteiger partial charge in [-0.25, -0.2) is 9.18 Å². The number of benzene rings is 1. The number of nitrogens with zero attached hydrogens (tertiary/aromatic N) is 4. The number of amides is 3. The van der Waals surface area contributed by atoms with E-state index in [2.05, 4.69) is 16.5 Å². The van der Waals surface area contributed by atoms with Gasteiger partial charge in [-0.1, -0.05) is 11.6 Å². The van der Waals surface area contributed by atoms with Crippen molar-refractivity contribution in [3.8, 4) is 17.3 Å². The van der Waals surface area contributed by atoms with Gasteiger partial charge < -0.3 is 16.0 Å². The molecule has 0 radical (unpaired) electrons. The molecule has 8 nitrogen and oxygen atoms in total. The summed E-state index contributed by atoms with van der Waals surface area (Å²) in [6.07, 6.45) is 0.677. The monoisotopic (exact) mass is 446 g/mol. The number of rotatable bonds is 4. The number of aromatic nitrogens is 2. The van der Waals surface area contributed by atoms with E-state index in [0.29, 0.717) is 23.4 Å². The van der Waals surface area contributed by atoms with Gasteiger partial charge in [0, 0.05) is 24.1 Å². The number of nitrogens with one attached hydrogen (secondary N) is 1. The van der Waals surface area contributed by atoms with Crippen molar-refractivity contribution in [2.24, 2.45) is 5.73 Å². The second kappa shape index (κ2) is 8.55. The Bertz CT molecular complexity index is 1070. The summed E-state index contributed by atoms with van der Waals surface area (Å²) >= 11 is 5.98. The zero-order valence-corrected chi connectivity index (χ0v) is 18.3. The van der Waals surface area contributed by atoms with Crippen molar-refractivity contribution >= 4 is 23.5 Å². The van der Waals surface area contributed by atoms with Crippen LogP contribution in [0.15, 0.2) is 18.2 Å². The van der Waals surface area contributed by atoms with Gasteiger partial charge in [0.25, 0.3) is 5.91 Å². The molecule has 10 heteroatoms. The molecular weight excluding hydrogens is 423 g/mol. The Hall–Kier alpha value is -3.12. The molecule has 1 aromatic carbocycles. The second-order valence-corrected chi connectivity index (χ2v) is 8.92. The number of nitriles is 1. The number of urea groups is 1. The van der Waals surface area contributed by atoms with Crippen molar-refractivity contribution in [1.29, 1.82) is 5.26 Å². The van der Waals surface area contributed by atoms with Crippen LogP contribution in [0.25, 0.3) is 11.3 Å². The molecule has 1 aliphatic heterocycles. The van der Waals surface area contributed by atoms with E-state index in [1.54, 1.807) is 4.68 Å². The molecule has 0 spiro atoms. The van der Waals surface area contributed by atoms with Gasteiger partial charge in [-0.05, 0) is 45.4 Å². The van der Waals surface area contributed by atoms with E-state index < -0.39 is 17.4 Å². The molecule has 31 heavy (non-hydrogen) atoms. The zero-order valence-electron chi connectivity index (χ0n) is 17.6. The highest BCUT2D eigenvalue weighted by Crippen LogP contribution is 2.34. The summed E-state index contributed by atoms with van der Waals surface area (Å²) in [7, 11) is 0. The molecule has 0 saturated carbocycles. The molecule has 1 aliphatic rings. The molecule has 1 atom stereocenters. The fourth-order valence-electron chi connectivity index (χ4n) is 3.60. The van der Waals surface area contributed by atoms with Gasteiger partial charge in [-0.2, -0.15) is 10.4 Å². The van der Waals surface area contributed by atoms with E-state index in [1.807, 2.05) is 20.8 Å². The summed E-state index contributed by atoms with van der Waals surface area (Å²) in [5.41, 5.74) is 6.57. The van der Waals surface area contributed by atoms with Crippen LogP contribution in [-0.4, -0.2) is 38.7 Å². The Morgan fingerprint density at radius 3 is 2.71 bits per heavy atom. The third kappa shape index (κ3) is 4.80. The lowest BCUT2D eigenvalue weighted by Gasteiger charge is -2.33. The summed E-state index contributed by atoms with van der Waals surface area (Å²) in [5.74, 6) is -0.962. The lowest BCUT2D eigenvalue weighted by Crippen LogP contribution is -2.45. The lowest BCUT2D eigenvalue weighted by molar-refractivity contribution is 0.0915. The van der Waals surface area contributed by atoms with Crippen LogP contribution in [0.4, 0.5) is 9.18 Å². The van der Waals surface area contributed by atoms with Gasteiger partial charge in [0.15, 0.2) is 0 Å². The Morgan fingerprint density at radius 2 is 2.13 bits per heavy atom. The van der Waals surface area contributed by atoms with Gasteiger partial charge in [0.2, 0.25) is 0 Å². The summed E-state index contributed by atoms with van der Waals surface area (Å²) < 4.78 is 15.4. The summed E-state index contributed by atoms with van der Waals surface area (Å²) in [5, 5.41) is 16.5. The van der Waals surface area contributed by atoms with E-state index in [4.69, 9.17) is 22.6 Å². The van der Waals surface area contributed by atoms with Crippen LogP contribution >= 0.6 is 11.6 Å². The zero-order chi connectivity index (χ0) is 22.9. The number of hydrogen-bond acceptors (Lipinski definition) is 4. The first-order valence-corrected chi connectivity index (χ1v) is 10.2. The lowest BCUT2D eigenvalue weighted by atomic mass is 10.0. The van der Waals surface area contributed by atoms with E-state index >= 15 is 0 Å². The van der Waals surface area contributed by atoms with Crippen LogP contribution in [-0.2, 0) is 6.54 Å². The normalized spacial score (nSPS) is 15.9. The molecule has 2 heterocycles. The third-order valence-electron chi connectivity index (χ3n) is 4.94. The molecule has 1 unspecified atom stereocenters. The van der Waals surface area contributed by atoms with Gasteiger partial charge in [-0.3, -0.25) is 9.48 Å². The van der Waals surface area contributed by atoms with Crippen LogP contribution in [0.1, 0.15) is 55.7 Å². The minimum Gasteiger partial charge on any atom is -0.351 e. The summed E-state index contributed by atoms with van der Waals surface area (Å²) in [6, 6.07) is 5.27. The van der Waals surface area contributed by atoms with Crippen molar-refractivity contribution in [3.63, 3.8) is 0 Å². The van der Waals surface area contributed by atoms with Crippen LogP contribution in [0.3, 0.4) is 0 Å². The largest absolute Gasteiger partial charge is 0.351 e. The highest BCUT2D eigenvalue weighted by Gasteiger charge is 2.35. The van der Waals surface area contributed by atoms with Crippen molar-refractivity contribution in [2.45, 2.75) is 51.7 Å². The molecule has 2 aromatic rings. The number of fused-ring (bicyclic) bond motifs is 1. The molecule has 0 aliphatic carbocycles. The number of carbonyl (C=O) groups excluding carboxylic acids is 2.